The number of carboxylic acid groups (broad SMARTS) is 3. The lowest BCUT2D eigenvalue weighted by atomic mass is 9.86. The van der Waals surface area contributed by atoms with Crippen molar-refractivity contribution < 1.29 is 34.4 Å². The molecule has 0 aliphatic heterocycles. The van der Waals surface area contributed by atoms with E-state index in [1.807, 2.05) is 24.3 Å². The molecule has 0 bridgehead atoms. The lowest BCUT2D eigenvalue weighted by molar-refractivity contribution is -0.148. The van der Waals surface area contributed by atoms with Gasteiger partial charge in [-0.05, 0) is 49.3 Å². The van der Waals surface area contributed by atoms with Crippen LogP contribution in [-0.4, -0.2) is 39.8 Å². The largest absolute Gasteiger partial charge is 0.481 e. The number of rotatable bonds is 16. The molecule has 1 rings (SSSR count). The quantitative estimate of drug-likeness (QED) is 0.275. The molecule has 0 aliphatic carbocycles. The van der Waals surface area contributed by atoms with Crippen LogP contribution in [0, 0.1) is 24.2 Å². The highest BCUT2D eigenvalue weighted by Crippen LogP contribution is 2.25. The summed E-state index contributed by atoms with van der Waals surface area (Å²) in [6.45, 7) is 0.193. The van der Waals surface area contributed by atoms with E-state index in [0.29, 0.717) is 25.0 Å². The minimum absolute atomic E-state index is 0.142. The molecule has 1 aromatic carbocycles. The van der Waals surface area contributed by atoms with Crippen molar-refractivity contribution in [3.63, 3.8) is 0 Å². The lowest BCUT2D eigenvalue weighted by Gasteiger charge is -2.19. The number of hydrogen-bond donors (Lipinski definition) is 3. The van der Waals surface area contributed by atoms with E-state index in [-0.39, 0.29) is 25.4 Å². The second kappa shape index (κ2) is 14.0. The third-order valence-corrected chi connectivity index (χ3v) is 4.97. The molecular weight excluding hydrogens is 388 g/mol. The van der Waals surface area contributed by atoms with Crippen LogP contribution in [-0.2, 0) is 20.8 Å². The van der Waals surface area contributed by atoms with Gasteiger partial charge in [-0.3, -0.25) is 14.4 Å². The molecule has 0 heterocycles. The van der Waals surface area contributed by atoms with Crippen molar-refractivity contribution in [3.8, 4) is 18.1 Å². The Balaban J connectivity index is 2.68. The summed E-state index contributed by atoms with van der Waals surface area (Å²) in [5.74, 6) is -0.657. The number of terminal acetylenes is 1. The maximum atomic E-state index is 11.3. The Morgan fingerprint density at radius 3 is 2.20 bits per heavy atom. The number of aliphatic carboxylic acids is 3. The zero-order valence-corrected chi connectivity index (χ0v) is 17.1. The van der Waals surface area contributed by atoms with Crippen LogP contribution < -0.4 is 4.74 Å². The van der Waals surface area contributed by atoms with Crippen LogP contribution in [0.2, 0.25) is 0 Å². The third-order valence-electron chi connectivity index (χ3n) is 4.97. The van der Waals surface area contributed by atoms with Crippen molar-refractivity contribution >= 4 is 17.9 Å². The van der Waals surface area contributed by atoms with Crippen LogP contribution in [0.15, 0.2) is 24.3 Å². The van der Waals surface area contributed by atoms with Crippen LogP contribution in [0.25, 0.3) is 0 Å². The first-order chi connectivity index (χ1) is 14.3. The Morgan fingerprint density at radius 2 is 1.63 bits per heavy atom. The van der Waals surface area contributed by atoms with Crippen molar-refractivity contribution in [2.24, 2.45) is 11.8 Å². The number of unbranched alkanes of at least 4 members (excludes halogenated alkanes) is 2. The van der Waals surface area contributed by atoms with Crippen molar-refractivity contribution in [3.05, 3.63) is 29.8 Å². The molecule has 0 radical (unpaired) electrons. The first kappa shape index (κ1) is 25.0. The van der Waals surface area contributed by atoms with Gasteiger partial charge in [0.25, 0.3) is 0 Å². The Labute approximate surface area is 177 Å². The fourth-order valence-corrected chi connectivity index (χ4v) is 3.38. The number of benzene rings is 1. The van der Waals surface area contributed by atoms with Crippen LogP contribution in [0.3, 0.4) is 0 Å². The van der Waals surface area contributed by atoms with E-state index in [1.165, 1.54) is 0 Å². The second-order valence-electron chi connectivity index (χ2n) is 7.41. The molecule has 0 fully saturated rings. The van der Waals surface area contributed by atoms with Gasteiger partial charge in [0.05, 0.1) is 12.3 Å². The molecule has 7 heteroatoms. The van der Waals surface area contributed by atoms with E-state index in [1.54, 1.807) is 0 Å². The number of hydrogen-bond acceptors (Lipinski definition) is 4. The van der Waals surface area contributed by atoms with Gasteiger partial charge in [0, 0.05) is 6.42 Å². The smallest absolute Gasteiger partial charge is 0.307 e. The van der Waals surface area contributed by atoms with Crippen LogP contribution in [0.4, 0.5) is 0 Å². The molecule has 7 nitrogen and oxygen atoms in total. The highest BCUT2D eigenvalue weighted by atomic mass is 16.5. The Hall–Kier alpha value is -3.01. The molecule has 30 heavy (non-hydrogen) atoms. The first-order valence-electron chi connectivity index (χ1n) is 10.1. The van der Waals surface area contributed by atoms with Gasteiger partial charge >= 0.3 is 17.9 Å². The lowest BCUT2D eigenvalue weighted by Crippen LogP contribution is -2.19. The fraction of sp³-hybridized carbons (Fsp3) is 0.522. The van der Waals surface area contributed by atoms with E-state index >= 15 is 0 Å². The van der Waals surface area contributed by atoms with Crippen molar-refractivity contribution in [1.82, 2.24) is 0 Å². The topological polar surface area (TPSA) is 121 Å². The molecule has 0 amide bonds. The monoisotopic (exact) mass is 418 g/mol. The van der Waals surface area contributed by atoms with Gasteiger partial charge in [-0.2, -0.15) is 0 Å². The van der Waals surface area contributed by atoms with Gasteiger partial charge in [0.2, 0.25) is 0 Å². The Bertz CT molecular complexity index is 718. The molecule has 0 spiro atoms. The Morgan fingerprint density at radius 1 is 0.933 bits per heavy atom. The highest BCUT2D eigenvalue weighted by Gasteiger charge is 2.22. The van der Waals surface area contributed by atoms with Crippen molar-refractivity contribution in [2.45, 2.75) is 57.8 Å². The van der Waals surface area contributed by atoms with Crippen LogP contribution in [0.1, 0.15) is 56.9 Å². The molecule has 3 N–H and O–H groups in total. The average molecular weight is 418 g/mol. The third kappa shape index (κ3) is 11.1. The van der Waals surface area contributed by atoms with Gasteiger partial charge in [0.1, 0.15) is 12.4 Å². The normalized spacial score (nSPS) is 12.5. The predicted octanol–water partition coefficient (Wildman–Crippen LogP) is 3.85. The molecule has 1 aromatic rings. The summed E-state index contributed by atoms with van der Waals surface area (Å²) in [5, 5.41) is 26.9. The molecule has 0 aliphatic rings. The molecule has 0 aromatic heterocycles. The van der Waals surface area contributed by atoms with Gasteiger partial charge in [-0.25, -0.2) is 0 Å². The van der Waals surface area contributed by atoms with E-state index in [0.717, 1.165) is 31.2 Å². The standard InChI is InChI=1S/C23H30O7/c1-2-14-30-20-12-9-18(10-13-20)15-17(6-4-3-5-7-21(24)25)8-11-19(23(28)29)16-22(26)27/h1,9-10,12-13,17,19H,3-8,11,14-16H2,(H,24,25)(H,26,27)(H,28,29). The maximum absolute atomic E-state index is 11.3. The molecule has 0 saturated carbocycles. The van der Waals surface area contributed by atoms with E-state index in [9.17, 15) is 19.5 Å². The molecule has 2 atom stereocenters. The average Bonchev–Trinajstić information content (AvgIpc) is 2.69. The van der Waals surface area contributed by atoms with Crippen molar-refractivity contribution in [1.29, 1.82) is 0 Å². The summed E-state index contributed by atoms with van der Waals surface area (Å²) in [4.78, 5) is 32.9. The zero-order chi connectivity index (χ0) is 22.4. The molecule has 0 saturated heterocycles. The SMILES string of the molecule is C#CCOc1ccc(CC(CCCCCC(=O)O)CCC(CC(=O)O)C(=O)O)cc1. The van der Waals surface area contributed by atoms with Gasteiger partial charge < -0.3 is 20.1 Å². The molecule has 2 unspecified atom stereocenters. The van der Waals surface area contributed by atoms with E-state index in [4.69, 9.17) is 21.4 Å². The predicted molar refractivity (Wildman–Crippen MR) is 111 cm³/mol. The summed E-state index contributed by atoms with van der Waals surface area (Å²) in [6.07, 6.45) is 9.63. The molecular formula is C23H30O7. The van der Waals surface area contributed by atoms with Gasteiger partial charge in [-0.15, -0.1) is 6.42 Å². The number of ether oxygens (including phenoxy) is 1. The summed E-state index contributed by atoms with van der Waals surface area (Å²) in [5.41, 5.74) is 1.07. The number of carbonyl (C=O) groups is 3. The summed E-state index contributed by atoms with van der Waals surface area (Å²) < 4.78 is 5.36. The fourth-order valence-electron chi connectivity index (χ4n) is 3.38. The van der Waals surface area contributed by atoms with Crippen LogP contribution in [0.5, 0.6) is 5.75 Å². The molecule has 164 valence electrons. The summed E-state index contributed by atoms with van der Waals surface area (Å²) in [7, 11) is 0. The van der Waals surface area contributed by atoms with Crippen molar-refractivity contribution in [2.75, 3.05) is 6.61 Å². The van der Waals surface area contributed by atoms with Crippen LogP contribution >= 0.6 is 0 Å². The number of carboxylic acids is 3. The zero-order valence-electron chi connectivity index (χ0n) is 17.1. The minimum atomic E-state index is -1.12. The van der Waals surface area contributed by atoms with Gasteiger partial charge in [0.15, 0.2) is 0 Å². The second-order valence-corrected chi connectivity index (χ2v) is 7.41. The summed E-state index contributed by atoms with van der Waals surface area (Å²) >= 11 is 0. The van der Waals surface area contributed by atoms with Gasteiger partial charge in [-0.1, -0.05) is 37.3 Å². The van der Waals surface area contributed by atoms with E-state index < -0.39 is 23.8 Å². The Kier molecular flexibility index (Phi) is 11.7. The highest BCUT2D eigenvalue weighted by molar-refractivity contribution is 5.77. The maximum Gasteiger partial charge on any atom is 0.307 e. The minimum Gasteiger partial charge on any atom is -0.481 e. The first-order valence-corrected chi connectivity index (χ1v) is 10.1. The van der Waals surface area contributed by atoms with E-state index in [2.05, 4.69) is 5.92 Å². The summed E-state index contributed by atoms with van der Waals surface area (Å²) in [6, 6.07) is 7.55.